The van der Waals surface area contributed by atoms with Crippen molar-refractivity contribution >= 4 is 11.9 Å². The molecule has 0 bridgehead atoms. The molecule has 0 spiro atoms. The number of rotatable bonds is 5. The van der Waals surface area contributed by atoms with Crippen LogP contribution in [0.4, 0.5) is 0 Å². The Balaban J connectivity index is 1.31. The summed E-state index contributed by atoms with van der Waals surface area (Å²) in [5.41, 5.74) is 3.58. The Kier molecular flexibility index (Phi) is 4.26. The number of aromatic amines is 1. The number of ether oxygens (including phenoxy) is 1. The van der Waals surface area contributed by atoms with Crippen molar-refractivity contribution in [2.24, 2.45) is 5.92 Å². The first-order valence-electron chi connectivity index (χ1n) is 8.75. The summed E-state index contributed by atoms with van der Waals surface area (Å²) in [5, 5.41) is 7.02. The Morgan fingerprint density at radius 3 is 2.96 bits per heavy atom. The van der Waals surface area contributed by atoms with Gasteiger partial charge in [-0.2, -0.15) is 5.10 Å². The molecule has 1 unspecified atom stereocenters. The Morgan fingerprint density at radius 2 is 2.12 bits per heavy atom. The minimum Gasteiger partial charge on any atom is -0.461 e. The fraction of sp³-hybridized carbons (Fsp3) is 0.421. The van der Waals surface area contributed by atoms with Crippen molar-refractivity contribution in [1.82, 2.24) is 15.1 Å². The molecule has 25 heavy (non-hydrogen) atoms. The fourth-order valence-corrected chi connectivity index (χ4v) is 3.67. The molecule has 6 nitrogen and oxygen atoms in total. The summed E-state index contributed by atoms with van der Waals surface area (Å²) in [6.07, 6.45) is 3.30. The van der Waals surface area contributed by atoms with Gasteiger partial charge in [0.05, 0.1) is 6.61 Å². The van der Waals surface area contributed by atoms with Crippen molar-refractivity contribution in [3.05, 3.63) is 52.8 Å². The predicted octanol–water partition coefficient (Wildman–Crippen LogP) is 2.10. The van der Waals surface area contributed by atoms with E-state index in [2.05, 4.69) is 10.2 Å². The number of H-pyrrole nitrogens is 1. The molecule has 1 aliphatic heterocycles. The minimum atomic E-state index is -0.381. The summed E-state index contributed by atoms with van der Waals surface area (Å²) in [6.45, 7) is 1.49. The van der Waals surface area contributed by atoms with Crippen LogP contribution in [0.5, 0.6) is 0 Å². The van der Waals surface area contributed by atoms with E-state index in [0.29, 0.717) is 25.2 Å². The lowest BCUT2D eigenvalue weighted by molar-refractivity contribution is -0.128. The number of carbonyl (C=O) groups excluding carboxylic acids is 2. The molecule has 4 rings (SSSR count). The van der Waals surface area contributed by atoms with Gasteiger partial charge in [0, 0.05) is 36.7 Å². The van der Waals surface area contributed by atoms with E-state index in [-0.39, 0.29) is 24.4 Å². The zero-order valence-corrected chi connectivity index (χ0v) is 14.0. The second kappa shape index (κ2) is 6.70. The van der Waals surface area contributed by atoms with Gasteiger partial charge in [0.25, 0.3) is 0 Å². The third-order valence-corrected chi connectivity index (χ3v) is 4.96. The van der Waals surface area contributed by atoms with E-state index in [1.54, 1.807) is 0 Å². The molecule has 0 radical (unpaired) electrons. The van der Waals surface area contributed by atoms with E-state index in [1.807, 2.05) is 35.2 Å². The zero-order valence-electron chi connectivity index (χ0n) is 14.0. The zero-order chi connectivity index (χ0) is 17.2. The number of esters is 1. The molecule has 1 aromatic heterocycles. The second-order valence-corrected chi connectivity index (χ2v) is 6.81. The normalized spacial score (nSPS) is 19.3. The first-order valence-corrected chi connectivity index (χ1v) is 8.75. The van der Waals surface area contributed by atoms with Crippen LogP contribution in [-0.4, -0.2) is 40.1 Å². The highest BCUT2D eigenvalue weighted by Gasteiger charge is 2.31. The highest BCUT2D eigenvalue weighted by Crippen LogP contribution is 2.24. The van der Waals surface area contributed by atoms with Gasteiger partial charge in [0.15, 0.2) is 5.69 Å². The Morgan fingerprint density at radius 1 is 1.28 bits per heavy atom. The number of aryl methyl sites for hydroxylation is 1. The third-order valence-electron chi connectivity index (χ3n) is 4.96. The quantitative estimate of drug-likeness (QED) is 0.847. The molecule has 1 N–H and O–H groups in total. The van der Waals surface area contributed by atoms with Crippen LogP contribution in [-0.2, 0) is 28.9 Å². The summed E-state index contributed by atoms with van der Waals surface area (Å²) < 4.78 is 5.44. The van der Waals surface area contributed by atoms with E-state index in [0.717, 1.165) is 36.1 Å². The molecule has 6 heteroatoms. The molecule has 1 aliphatic carbocycles. The van der Waals surface area contributed by atoms with Crippen LogP contribution >= 0.6 is 0 Å². The molecule has 2 heterocycles. The van der Waals surface area contributed by atoms with E-state index < -0.39 is 0 Å². The maximum atomic E-state index is 12.3. The molecule has 130 valence electrons. The van der Waals surface area contributed by atoms with Gasteiger partial charge in [-0.05, 0) is 24.8 Å². The largest absolute Gasteiger partial charge is 0.461 e. The van der Waals surface area contributed by atoms with Crippen molar-refractivity contribution < 1.29 is 14.3 Å². The van der Waals surface area contributed by atoms with Crippen molar-refractivity contribution in [2.75, 3.05) is 13.2 Å². The molecule has 1 amide bonds. The van der Waals surface area contributed by atoms with E-state index in [4.69, 9.17) is 4.74 Å². The van der Waals surface area contributed by atoms with E-state index in [9.17, 15) is 9.59 Å². The van der Waals surface area contributed by atoms with Gasteiger partial charge in [-0.25, -0.2) is 4.79 Å². The van der Waals surface area contributed by atoms with Gasteiger partial charge in [0.2, 0.25) is 5.91 Å². The lowest BCUT2D eigenvalue weighted by Crippen LogP contribution is -2.25. The molecule has 2 aromatic rings. The van der Waals surface area contributed by atoms with Crippen LogP contribution in [0.3, 0.4) is 0 Å². The van der Waals surface area contributed by atoms with Crippen molar-refractivity contribution in [2.45, 2.75) is 32.2 Å². The molecule has 1 aromatic carbocycles. The number of nitrogens with one attached hydrogen (secondary N) is 1. The second-order valence-electron chi connectivity index (χ2n) is 6.81. The highest BCUT2D eigenvalue weighted by molar-refractivity contribution is 5.89. The summed E-state index contributed by atoms with van der Waals surface area (Å²) in [6, 6.07) is 9.93. The number of nitrogens with zero attached hydrogens (tertiary/aromatic N) is 2. The average Bonchev–Trinajstić information content (AvgIpc) is 3.30. The number of fused-ring (bicyclic) bond motifs is 1. The Bertz CT molecular complexity index is 784. The van der Waals surface area contributed by atoms with Gasteiger partial charge < -0.3 is 9.64 Å². The van der Waals surface area contributed by atoms with Crippen molar-refractivity contribution in [3.63, 3.8) is 0 Å². The van der Waals surface area contributed by atoms with E-state index >= 15 is 0 Å². The number of amides is 1. The summed E-state index contributed by atoms with van der Waals surface area (Å²) in [7, 11) is 0. The molecule has 1 atom stereocenters. The van der Waals surface area contributed by atoms with Crippen LogP contribution in [0, 0.1) is 5.92 Å². The first kappa shape index (κ1) is 15.9. The lowest BCUT2D eigenvalue weighted by Gasteiger charge is -2.16. The number of hydrogen-bond acceptors (Lipinski definition) is 4. The first-order chi connectivity index (χ1) is 12.2. The summed E-state index contributed by atoms with van der Waals surface area (Å²) in [4.78, 5) is 26.3. The topological polar surface area (TPSA) is 75.3 Å². The Labute approximate surface area is 146 Å². The number of aromatic nitrogens is 2. The van der Waals surface area contributed by atoms with Crippen LogP contribution in [0.25, 0.3) is 0 Å². The van der Waals surface area contributed by atoms with E-state index in [1.165, 1.54) is 0 Å². The lowest BCUT2D eigenvalue weighted by atomic mass is 10.1. The van der Waals surface area contributed by atoms with Crippen LogP contribution < -0.4 is 0 Å². The maximum Gasteiger partial charge on any atom is 0.359 e. The molecule has 1 saturated heterocycles. The summed E-state index contributed by atoms with van der Waals surface area (Å²) >= 11 is 0. The number of likely N-dealkylation sites (tertiary alicyclic amines) is 1. The molecular formula is C19H21N3O3. The van der Waals surface area contributed by atoms with Crippen molar-refractivity contribution in [1.29, 1.82) is 0 Å². The predicted molar refractivity (Wildman–Crippen MR) is 90.9 cm³/mol. The highest BCUT2D eigenvalue weighted by atomic mass is 16.5. The standard InChI is InChI=1S/C19H21N3O3/c23-17-9-14(11-22(17)10-13-5-2-1-3-6-13)12-25-19(24)18-15-7-4-8-16(15)20-21-18/h1-3,5-6,14H,4,7-12H2,(H,20,21). The number of hydrogen-bond donors (Lipinski definition) is 1. The Hall–Kier alpha value is -2.63. The minimum absolute atomic E-state index is 0.0483. The van der Waals surface area contributed by atoms with Gasteiger partial charge in [-0.15, -0.1) is 0 Å². The maximum absolute atomic E-state index is 12.3. The smallest absolute Gasteiger partial charge is 0.359 e. The number of carbonyl (C=O) groups is 2. The average molecular weight is 339 g/mol. The van der Waals surface area contributed by atoms with Crippen LogP contribution in [0.1, 0.15) is 40.2 Å². The monoisotopic (exact) mass is 339 g/mol. The van der Waals surface area contributed by atoms with Crippen LogP contribution in [0.15, 0.2) is 30.3 Å². The fourth-order valence-electron chi connectivity index (χ4n) is 3.67. The number of benzene rings is 1. The SMILES string of the molecule is O=C(OCC1CC(=O)N(Cc2ccccc2)C1)c1n[nH]c2c1CCC2. The van der Waals surface area contributed by atoms with Gasteiger partial charge in [-0.3, -0.25) is 9.89 Å². The third kappa shape index (κ3) is 3.29. The molecule has 0 saturated carbocycles. The van der Waals surface area contributed by atoms with Crippen molar-refractivity contribution in [3.8, 4) is 0 Å². The van der Waals surface area contributed by atoms with Gasteiger partial charge in [0.1, 0.15) is 0 Å². The molecule has 2 aliphatic rings. The summed E-state index contributed by atoms with van der Waals surface area (Å²) in [5.74, 6) is -0.217. The molecular weight excluding hydrogens is 318 g/mol. The molecule has 1 fully saturated rings. The van der Waals surface area contributed by atoms with Gasteiger partial charge in [-0.1, -0.05) is 30.3 Å². The van der Waals surface area contributed by atoms with Gasteiger partial charge >= 0.3 is 5.97 Å². The van der Waals surface area contributed by atoms with Crippen LogP contribution in [0.2, 0.25) is 0 Å².